The predicted octanol–water partition coefficient (Wildman–Crippen LogP) is 4.81. The fourth-order valence-corrected chi connectivity index (χ4v) is 5.26. The Balaban J connectivity index is 1.36. The molecule has 2 saturated heterocycles. The first-order chi connectivity index (χ1) is 15.8. The summed E-state index contributed by atoms with van der Waals surface area (Å²) in [6.45, 7) is 4.13. The van der Waals surface area contributed by atoms with Gasteiger partial charge in [-0.15, -0.1) is 0 Å². The zero-order chi connectivity index (χ0) is 23.2. The SMILES string of the molecule is C[C@@H](Oc1cc(-c2cnn([C@H]3CNC4(CCOC4)C3)c2)cnc1N)c1c(Cl)ccc(F)c1Cl. The van der Waals surface area contributed by atoms with Gasteiger partial charge in [0.1, 0.15) is 11.9 Å². The van der Waals surface area contributed by atoms with Crippen LogP contribution in [0.3, 0.4) is 0 Å². The van der Waals surface area contributed by atoms with E-state index < -0.39 is 11.9 Å². The quantitative estimate of drug-likeness (QED) is 0.498. The monoisotopic (exact) mass is 491 g/mol. The lowest BCUT2D eigenvalue weighted by atomic mass is 9.95. The van der Waals surface area contributed by atoms with E-state index in [-0.39, 0.29) is 22.4 Å². The van der Waals surface area contributed by atoms with Crippen molar-refractivity contribution >= 4 is 29.0 Å². The Kier molecular flexibility index (Phi) is 5.95. The third-order valence-corrected chi connectivity index (χ3v) is 7.14. The molecule has 1 unspecified atom stereocenters. The number of nitrogen functional groups attached to an aromatic ring is 1. The van der Waals surface area contributed by atoms with Gasteiger partial charge in [0.2, 0.25) is 0 Å². The molecule has 3 N–H and O–H groups in total. The Labute approximate surface area is 201 Å². The Bertz CT molecular complexity index is 1180. The molecule has 3 atom stereocenters. The van der Waals surface area contributed by atoms with Gasteiger partial charge in [-0.05, 0) is 38.0 Å². The van der Waals surface area contributed by atoms with Gasteiger partial charge in [-0.2, -0.15) is 5.10 Å². The molecule has 0 aliphatic carbocycles. The summed E-state index contributed by atoms with van der Waals surface area (Å²) in [5, 5.41) is 8.43. The number of nitrogens with one attached hydrogen (secondary N) is 1. The van der Waals surface area contributed by atoms with Gasteiger partial charge in [0.15, 0.2) is 11.6 Å². The number of halogens is 3. The van der Waals surface area contributed by atoms with Crippen LogP contribution in [-0.4, -0.2) is 40.1 Å². The van der Waals surface area contributed by atoms with Crippen LogP contribution in [0.2, 0.25) is 10.0 Å². The van der Waals surface area contributed by atoms with Crippen molar-refractivity contribution in [1.82, 2.24) is 20.1 Å². The first-order valence-electron chi connectivity index (χ1n) is 10.8. The van der Waals surface area contributed by atoms with E-state index in [9.17, 15) is 4.39 Å². The highest BCUT2D eigenvalue weighted by molar-refractivity contribution is 6.36. The molecule has 2 fully saturated rings. The van der Waals surface area contributed by atoms with Crippen molar-refractivity contribution < 1.29 is 13.9 Å². The molecule has 7 nitrogen and oxygen atoms in total. The van der Waals surface area contributed by atoms with Crippen molar-refractivity contribution in [3.63, 3.8) is 0 Å². The molecule has 0 radical (unpaired) electrons. The Morgan fingerprint density at radius 1 is 1.33 bits per heavy atom. The van der Waals surface area contributed by atoms with E-state index in [1.54, 1.807) is 25.4 Å². The zero-order valence-corrected chi connectivity index (χ0v) is 19.5. The van der Waals surface area contributed by atoms with Crippen LogP contribution in [0.4, 0.5) is 10.2 Å². The standard InChI is InChI=1S/C23H24Cl2FN5O2/c1-13(20-17(24)2-3-18(26)21(20)25)33-19-6-14(8-28-22(19)27)15-9-30-31(11-15)16-7-23(29-10-16)4-5-32-12-23/h2-3,6,8-9,11,13,16,29H,4-5,7,10,12H2,1H3,(H2,27,28)/t13-,16-,23?/m1/s1. The van der Waals surface area contributed by atoms with Gasteiger partial charge in [0.05, 0.1) is 23.9 Å². The van der Waals surface area contributed by atoms with Gasteiger partial charge in [-0.3, -0.25) is 4.68 Å². The lowest BCUT2D eigenvalue weighted by Crippen LogP contribution is -2.39. The van der Waals surface area contributed by atoms with E-state index in [1.807, 2.05) is 10.9 Å². The molecular weight excluding hydrogens is 468 g/mol. The maximum atomic E-state index is 13.9. The zero-order valence-electron chi connectivity index (χ0n) is 18.0. The summed E-state index contributed by atoms with van der Waals surface area (Å²) in [7, 11) is 0. The van der Waals surface area contributed by atoms with E-state index >= 15 is 0 Å². The number of rotatable bonds is 5. The van der Waals surface area contributed by atoms with Crippen molar-refractivity contribution in [1.29, 1.82) is 0 Å². The summed E-state index contributed by atoms with van der Waals surface area (Å²) in [5.74, 6) is 0.00432. The second-order valence-electron chi connectivity index (χ2n) is 8.66. The van der Waals surface area contributed by atoms with E-state index in [2.05, 4.69) is 15.4 Å². The first kappa shape index (κ1) is 22.4. The molecule has 1 spiro atoms. The topological polar surface area (TPSA) is 87.2 Å². The summed E-state index contributed by atoms with van der Waals surface area (Å²) in [5.41, 5.74) is 8.17. The number of hydrogen-bond acceptors (Lipinski definition) is 6. The maximum Gasteiger partial charge on any atom is 0.166 e. The molecule has 1 aromatic carbocycles. The second kappa shape index (κ2) is 8.76. The number of aromatic nitrogens is 3. The fraction of sp³-hybridized carbons (Fsp3) is 0.391. The fourth-order valence-electron chi connectivity index (χ4n) is 4.58. The predicted molar refractivity (Wildman–Crippen MR) is 125 cm³/mol. The minimum atomic E-state index is -0.642. The summed E-state index contributed by atoms with van der Waals surface area (Å²) < 4.78 is 27.5. The van der Waals surface area contributed by atoms with E-state index in [4.69, 9.17) is 38.4 Å². The van der Waals surface area contributed by atoms with Crippen LogP contribution in [0.25, 0.3) is 11.1 Å². The van der Waals surface area contributed by atoms with E-state index in [1.165, 1.54) is 12.1 Å². The maximum absolute atomic E-state index is 13.9. The van der Waals surface area contributed by atoms with Crippen molar-refractivity contribution in [2.75, 3.05) is 25.5 Å². The van der Waals surface area contributed by atoms with Gasteiger partial charge in [0.25, 0.3) is 0 Å². The molecule has 10 heteroatoms. The lowest BCUT2D eigenvalue weighted by molar-refractivity contribution is 0.171. The van der Waals surface area contributed by atoms with Crippen LogP contribution in [-0.2, 0) is 4.74 Å². The number of anilines is 1. The molecule has 3 aromatic rings. The van der Waals surface area contributed by atoms with Crippen LogP contribution < -0.4 is 15.8 Å². The highest BCUT2D eigenvalue weighted by Crippen LogP contribution is 2.38. The number of benzene rings is 1. The van der Waals surface area contributed by atoms with Crippen LogP contribution in [0.1, 0.15) is 37.5 Å². The number of hydrogen-bond donors (Lipinski definition) is 2. The normalized spacial score (nSPS) is 23.3. The van der Waals surface area contributed by atoms with Crippen molar-refractivity contribution in [2.24, 2.45) is 0 Å². The molecule has 4 heterocycles. The Morgan fingerprint density at radius 2 is 2.18 bits per heavy atom. The molecule has 0 bridgehead atoms. The van der Waals surface area contributed by atoms with Crippen molar-refractivity contribution in [3.05, 3.63) is 58.2 Å². The van der Waals surface area contributed by atoms with Crippen LogP contribution >= 0.6 is 23.2 Å². The minimum Gasteiger partial charge on any atom is -0.482 e. The molecule has 33 heavy (non-hydrogen) atoms. The van der Waals surface area contributed by atoms with Gasteiger partial charge in [-0.25, -0.2) is 9.37 Å². The highest BCUT2D eigenvalue weighted by Gasteiger charge is 2.42. The molecule has 0 amide bonds. The molecular formula is C23H24Cl2FN5O2. The molecule has 2 aromatic heterocycles. The van der Waals surface area contributed by atoms with Crippen LogP contribution in [0.15, 0.2) is 36.8 Å². The largest absolute Gasteiger partial charge is 0.482 e. The van der Waals surface area contributed by atoms with Crippen LogP contribution in [0, 0.1) is 5.82 Å². The third-order valence-electron chi connectivity index (χ3n) is 6.42. The van der Waals surface area contributed by atoms with Crippen molar-refractivity contribution in [2.45, 2.75) is 37.5 Å². The number of nitrogens with zero attached hydrogens (tertiary/aromatic N) is 3. The summed E-state index contributed by atoms with van der Waals surface area (Å²) >= 11 is 12.4. The smallest absolute Gasteiger partial charge is 0.166 e. The van der Waals surface area contributed by atoms with E-state index in [0.29, 0.717) is 16.3 Å². The number of nitrogens with two attached hydrogens (primary N) is 1. The van der Waals surface area contributed by atoms with Gasteiger partial charge in [0, 0.05) is 52.8 Å². The molecule has 2 aliphatic rings. The summed E-state index contributed by atoms with van der Waals surface area (Å²) in [4.78, 5) is 4.28. The van der Waals surface area contributed by atoms with Gasteiger partial charge >= 0.3 is 0 Å². The van der Waals surface area contributed by atoms with E-state index in [0.717, 1.165) is 43.7 Å². The lowest BCUT2D eigenvalue weighted by Gasteiger charge is -2.20. The first-order valence-corrected chi connectivity index (χ1v) is 11.5. The average Bonchev–Trinajstić information content (AvgIpc) is 3.55. The average molecular weight is 492 g/mol. The summed E-state index contributed by atoms with van der Waals surface area (Å²) in [6.07, 6.45) is 6.85. The summed E-state index contributed by atoms with van der Waals surface area (Å²) in [6, 6.07) is 4.72. The minimum absolute atomic E-state index is 0.0656. The Hall–Kier alpha value is -2.39. The number of pyridine rings is 1. The molecule has 5 rings (SSSR count). The van der Waals surface area contributed by atoms with Crippen LogP contribution in [0.5, 0.6) is 5.75 Å². The number of ether oxygens (including phenoxy) is 2. The highest BCUT2D eigenvalue weighted by atomic mass is 35.5. The second-order valence-corrected chi connectivity index (χ2v) is 9.44. The van der Waals surface area contributed by atoms with Crippen molar-refractivity contribution in [3.8, 4) is 16.9 Å². The molecule has 0 saturated carbocycles. The Morgan fingerprint density at radius 3 is 2.97 bits per heavy atom. The molecule has 2 aliphatic heterocycles. The molecule has 174 valence electrons. The third kappa shape index (κ3) is 4.28. The van der Waals surface area contributed by atoms with Gasteiger partial charge in [-0.1, -0.05) is 23.2 Å². The van der Waals surface area contributed by atoms with Gasteiger partial charge < -0.3 is 20.5 Å².